The number of halogens is 3. The summed E-state index contributed by atoms with van der Waals surface area (Å²) >= 11 is 0. The topological polar surface area (TPSA) is 91.3 Å². The summed E-state index contributed by atoms with van der Waals surface area (Å²) in [6.45, 7) is 6.68. The third-order valence-corrected chi connectivity index (χ3v) is 10.1. The molecule has 8 rings (SSSR count). The van der Waals surface area contributed by atoms with Crippen LogP contribution < -0.4 is 25.2 Å². The maximum absolute atomic E-state index is 13.6. The standard InChI is InChI=1S/C27H35F3N8O/c1-24(2)14-38(26-11-25(12-26,13-26)27(28,29)30)22-19(24)21(31-3)34-23(35-22)33-20-15-5-6-16(20)10-37(9-15)17-7-18(39-4)36-32-8-17/h7-8,15-16,20H,5-6,9-14H2,1-4H3,(H2,31,33,34,35)/t15-,16+,20?,25?,26?. The van der Waals surface area contributed by atoms with Crippen LogP contribution in [-0.2, 0) is 5.41 Å². The van der Waals surface area contributed by atoms with Crippen LogP contribution in [0, 0.1) is 17.3 Å². The van der Waals surface area contributed by atoms with Crippen LogP contribution >= 0.6 is 0 Å². The lowest BCUT2D eigenvalue weighted by Crippen LogP contribution is -2.79. The zero-order valence-corrected chi connectivity index (χ0v) is 22.8. The predicted octanol–water partition coefficient (Wildman–Crippen LogP) is 4.23. The molecule has 6 aliphatic rings. The molecule has 2 aromatic rings. The number of piperidine rings is 1. The molecule has 5 fully saturated rings. The number of rotatable bonds is 6. The lowest BCUT2D eigenvalue weighted by Gasteiger charge is -2.73. The maximum atomic E-state index is 13.6. The van der Waals surface area contributed by atoms with E-state index in [-0.39, 0.29) is 30.7 Å². The predicted molar refractivity (Wildman–Crippen MR) is 141 cm³/mol. The van der Waals surface area contributed by atoms with Gasteiger partial charge < -0.3 is 25.2 Å². The fourth-order valence-corrected chi connectivity index (χ4v) is 8.20. The summed E-state index contributed by atoms with van der Waals surface area (Å²) in [5.41, 5.74) is -0.202. The lowest BCUT2D eigenvalue weighted by molar-refractivity contribution is -0.332. The highest BCUT2D eigenvalue weighted by molar-refractivity contribution is 5.71. The van der Waals surface area contributed by atoms with Crippen molar-refractivity contribution in [3.05, 3.63) is 17.8 Å². The Morgan fingerprint density at radius 2 is 1.77 bits per heavy atom. The van der Waals surface area contributed by atoms with E-state index in [4.69, 9.17) is 14.7 Å². The molecular formula is C27H35F3N8O. The van der Waals surface area contributed by atoms with Crippen LogP contribution in [0.5, 0.6) is 5.88 Å². The number of fused-ring (bicyclic) bond motifs is 3. The third-order valence-electron chi connectivity index (χ3n) is 10.1. The number of methoxy groups -OCH3 is 1. The van der Waals surface area contributed by atoms with Gasteiger partial charge in [-0.2, -0.15) is 28.2 Å². The lowest BCUT2D eigenvalue weighted by atomic mass is 9.38. The normalized spacial score (nSPS) is 33.8. The van der Waals surface area contributed by atoms with Gasteiger partial charge in [-0.25, -0.2) is 0 Å². The molecule has 4 heterocycles. The molecule has 0 amide bonds. The first-order valence-electron chi connectivity index (χ1n) is 13.8. The minimum absolute atomic E-state index is 0.165. The van der Waals surface area contributed by atoms with E-state index >= 15 is 0 Å². The fraction of sp³-hybridized carbons (Fsp3) is 0.704. The Labute approximate surface area is 225 Å². The van der Waals surface area contributed by atoms with Gasteiger partial charge in [0.1, 0.15) is 11.6 Å². The Morgan fingerprint density at radius 3 is 2.38 bits per heavy atom. The SMILES string of the molecule is CNc1nc(NC2[C@@H]3CC[C@H]2CN(c2cnnc(OC)c2)C3)nc2c1C(C)(C)CN2C12CC(C(F)(F)F)(C1)C2. The van der Waals surface area contributed by atoms with E-state index in [9.17, 15) is 13.2 Å². The van der Waals surface area contributed by atoms with Crippen molar-refractivity contribution in [2.45, 2.75) is 69.1 Å². The van der Waals surface area contributed by atoms with E-state index < -0.39 is 17.1 Å². The van der Waals surface area contributed by atoms with Gasteiger partial charge in [-0.1, -0.05) is 13.8 Å². The van der Waals surface area contributed by atoms with Gasteiger partial charge in [-0.3, -0.25) is 0 Å². The van der Waals surface area contributed by atoms with Crippen LogP contribution in [0.2, 0.25) is 0 Å². The molecule has 1 unspecified atom stereocenters. The van der Waals surface area contributed by atoms with Crippen LogP contribution in [0.3, 0.4) is 0 Å². The Morgan fingerprint density at radius 1 is 1.08 bits per heavy atom. The first-order chi connectivity index (χ1) is 18.5. The molecular weight excluding hydrogens is 509 g/mol. The van der Waals surface area contributed by atoms with E-state index in [0.717, 1.165) is 48.8 Å². The molecule has 9 nitrogen and oxygen atoms in total. The van der Waals surface area contributed by atoms with E-state index in [2.05, 4.69) is 44.5 Å². The smallest absolute Gasteiger partial charge is 0.394 e. The molecule has 12 heteroatoms. The fourth-order valence-electron chi connectivity index (χ4n) is 8.20. The summed E-state index contributed by atoms with van der Waals surface area (Å²) in [5.74, 6) is 3.43. The highest BCUT2D eigenvalue weighted by Gasteiger charge is 2.81. The van der Waals surface area contributed by atoms with Gasteiger partial charge in [0.15, 0.2) is 0 Å². The number of ether oxygens (including phenoxy) is 1. The van der Waals surface area contributed by atoms with Gasteiger partial charge in [0, 0.05) is 55.3 Å². The second kappa shape index (κ2) is 8.00. The van der Waals surface area contributed by atoms with Crippen molar-refractivity contribution in [1.29, 1.82) is 0 Å². The van der Waals surface area contributed by atoms with Crippen LogP contribution in [0.4, 0.5) is 36.4 Å². The molecule has 4 bridgehead atoms. The quantitative estimate of drug-likeness (QED) is 0.555. The molecule has 0 spiro atoms. The van der Waals surface area contributed by atoms with Gasteiger partial charge in [0.25, 0.3) is 0 Å². The summed E-state index contributed by atoms with van der Waals surface area (Å²) in [7, 11) is 3.44. The van der Waals surface area contributed by atoms with Crippen molar-refractivity contribution < 1.29 is 17.9 Å². The summed E-state index contributed by atoms with van der Waals surface area (Å²) in [4.78, 5) is 14.4. The molecule has 1 saturated heterocycles. The molecule has 4 aliphatic carbocycles. The molecule has 3 atom stereocenters. The molecule has 0 radical (unpaired) electrons. The van der Waals surface area contributed by atoms with Crippen LogP contribution in [0.15, 0.2) is 12.3 Å². The first kappa shape index (κ1) is 25.0. The number of hydrogen-bond donors (Lipinski definition) is 2. The minimum atomic E-state index is -4.13. The average Bonchev–Trinajstić information content (AvgIpc) is 3.22. The summed E-state index contributed by atoms with van der Waals surface area (Å²) in [5, 5.41) is 15.0. The first-order valence-corrected chi connectivity index (χ1v) is 13.8. The van der Waals surface area contributed by atoms with E-state index in [1.807, 2.05) is 13.1 Å². The zero-order chi connectivity index (χ0) is 27.4. The summed E-state index contributed by atoms with van der Waals surface area (Å²) < 4.78 is 46.2. The van der Waals surface area contributed by atoms with Gasteiger partial charge in [0.2, 0.25) is 11.8 Å². The number of aromatic nitrogens is 4. The number of hydrogen-bond acceptors (Lipinski definition) is 9. The van der Waals surface area contributed by atoms with Crippen molar-refractivity contribution >= 4 is 23.3 Å². The second-order valence-electron chi connectivity index (χ2n) is 13.0. The van der Waals surface area contributed by atoms with Crippen molar-refractivity contribution in [1.82, 2.24) is 20.2 Å². The molecule has 4 saturated carbocycles. The largest absolute Gasteiger partial charge is 0.480 e. The van der Waals surface area contributed by atoms with Gasteiger partial charge in [-0.15, -0.1) is 5.10 Å². The molecule has 39 heavy (non-hydrogen) atoms. The monoisotopic (exact) mass is 544 g/mol. The second-order valence-corrected chi connectivity index (χ2v) is 13.0. The van der Waals surface area contributed by atoms with Crippen LogP contribution in [-0.4, -0.2) is 71.7 Å². The van der Waals surface area contributed by atoms with Crippen molar-refractivity contribution in [3.8, 4) is 5.88 Å². The minimum Gasteiger partial charge on any atom is -0.480 e. The molecule has 210 valence electrons. The zero-order valence-electron chi connectivity index (χ0n) is 22.8. The average molecular weight is 545 g/mol. The highest BCUT2D eigenvalue weighted by Crippen LogP contribution is 2.76. The summed E-state index contributed by atoms with van der Waals surface area (Å²) in [6, 6.07) is 2.15. The van der Waals surface area contributed by atoms with E-state index in [1.165, 1.54) is 0 Å². The Balaban J connectivity index is 1.14. The number of alkyl halides is 3. The van der Waals surface area contributed by atoms with Crippen molar-refractivity contribution in [2.24, 2.45) is 17.3 Å². The Bertz CT molecular complexity index is 1280. The number of nitrogens with zero attached hydrogens (tertiary/aromatic N) is 6. The molecule has 2 aromatic heterocycles. The maximum Gasteiger partial charge on any atom is 0.394 e. The van der Waals surface area contributed by atoms with Crippen molar-refractivity contribution in [2.75, 3.05) is 54.2 Å². The highest BCUT2D eigenvalue weighted by atomic mass is 19.4. The van der Waals surface area contributed by atoms with Crippen molar-refractivity contribution in [3.63, 3.8) is 0 Å². The third kappa shape index (κ3) is 3.51. The van der Waals surface area contributed by atoms with Gasteiger partial charge in [-0.05, 0) is 43.9 Å². The molecule has 0 aromatic carbocycles. The van der Waals surface area contributed by atoms with Crippen LogP contribution in [0.1, 0.15) is 51.5 Å². The Hall–Kier alpha value is -3.05. The summed E-state index contributed by atoms with van der Waals surface area (Å²) in [6.07, 6.45) is 0.365. The van der Waals surface area contributed by atoms with Crippen LogP contribution in [0.25, 0.3) is 0 Å². The number of nitrogens with one attached hydrogen (secondary N) is 2. The molecule has 2 aliphatic heterocycles. The van der Waals surface area contributed by atoms with Gasteiger partial charge >= 0.3 is 6.18 Å². The molecule has 2 N–H and O–H groups in total. The van der Waals surface area contributed by atoms with E-state index in [1.54, 1.807) is 13.3 Å². The van der Waals surface area contributed by atoms with E-state index in [0.29, 0.717) is 30.2 Å². The van der Waals surface area contributed by atoms with Gasteiger partial charge in [0.05, 0.1) is 24.4 Å². The Kier molecular flexibility index (Phi) is 5.12. The number of anilines is 4.